The quantitative estimate of drug-likeness (QED) is 0.326. The number of hydrogen-bond acceptors (Lipinski definition) is 5. The summed E-state index contributed by atoms with van der Waals surface area (Å²) in [5, 5.41) is 12.1. The van der Waals surface area contributed by atoms with Gasteiger partial charge in [0, 0.05) is 48.5 Å². The molecule has 1 aliphatic carbocycles. The first-order valence-electron chi connectivity index (χ1n) is 13.1. The van der Waals surface area contributed by atoms with Gasteiger partial charge in [-0.2, -0.15) is 0 Å². The van der Waals surface area contributed by atoms with E-state index in [1.54, 1.807) is 11.3 Å². The SMILES string of the molecule is C=C(CC(CC)n1c(C)nnc1C(C)C)N(C)CCC(NC(=O)C1CCCCC1)c1ccc(Cl)s1. The van der Waals surface area contributed by atoms with E-state index in [0.29, 0.717) is 5.92 Å². The number of halogens is 1. The fraction of sp³-hybridized carbons (Fsp3) is 0.667. The van der Waals surface area contributed by atoms with Crippen molar-refractivity contribution in [2.75, 3.05) is 13.6 Å². The van der Waals surface area contributed by atoms with Crippen LogP contribution < -0.4 is 5.32 Å². The first-order chi connectivity index (χ1) is 16.7. The number of hydrogen-bond donors (Lipinski definition) is 1. The molecular weight excluding hydrogens is 478 g/mol. The Morgan fingerprint density at radius 3 is 2.60 bits per heavy atom. The summed E-state index contributed by atoms with van der Waals surface area (Å²) >= 11 is 7.80. The van der Waals surface area contributed by atoms with Crippen LogP contribution in [0.25, 0.3) is 0 Å². The van der Waals surface area contributed by atoms with Gasteiger partial charge in [-0.05, 0) is 44.7 Å². The zero-order valence-electron chi connectivity index (χ0n) is 22.0. The van der Waals surface area contributed by atoms with Gasteiger partial charge in [0.25, 0.3) is 0 Å². The molecule has 0 spiro atoms. The van der Waals surface area contributed by atoms with Gasteiger partial charge in [0.15, 0.2) is 0 Å². The van der Waals surface area contributed by atoms with Gasteiger partial charge in [-0.25, -0.2) is 0 Å². The molecule has 3 rings (SSSR count). The van der Waals surface area contributed by atoms with E-state index in [-0.39, 0.29) is 23.9 Å². The number of carbonyl (C=O) groups is 1. The second-order valence-electron chi connectivity index (χ2n) is 10.2. The molecule has 35 heavy (non-hydrogen) atoms. The van der Waals surface area contributed by atoms with Gasteiger partial charge in [-0.1, -0.05) is 58.2 Å². The van der Waals surface area contributed by atoms with Crippen molar-refractivity contribution < 1.29 is 4.79 Å². The molecule has 0 radical (unpaired) electrons. The Hall–Kier alpha value is -1.86. The van der Waals surface area contributed by atoms with Crippen LogP contribution >= 0.6 is 22.9 Å². The molecule has 2 aromatic heterocycles. The number of rotatable bonds is 12. The van der Waals surface area contributed by atoms with Gasteiger partial charge in [0.1, 0.15) is 11.6 Å². The number of thiophene rings is 1. The van der Waals surface area contributed by atoms with Crippen molar-refractivity contribution in [1.82, 2.24) is 25.0 Å². The first-order valence-corrected chi connectivity index (χ1v) is 14.3. The number of aryl methyl sites for hydroxylation is 1. The van der Waals surface area contributed by atoms with Crippen LogP contribution in [-0.4, -0.2) is 39.2 Å². The Labute approximate surface area is 220 Å². The summed E-state index contributed by atoms with van der Waals surface area (Å²) in [6, 6.07) is 4.20. The van der Waals surface area contributed by atoms with Gasteiger partial charge in [-0.3, -0.25) is 4.79 Å². The highest BCUT2D eigenvalue weighted by Crippen LogP contribution is 2.32. The van der Waals surface area contributed by atoms with E-state index in [1.165, 1.54) is 6.42 Å². The fourth-order valence-corrected chi connectivity index (χ4v) is 6.16. The molecule has 1 N–H and O–H groups in total. The molecule has 8 heteroatoms. The highest BCUT2D eigenvalue weighted by Gasteiger charge is 2.26. The monoisotopic (exact) mass is 519 g/mol. The van der Waals surface area contributed by atoms with E-state index in [0.717, 1.165) is 78.0 Å². The molecule has 2 aromatic rings. The lowest BCUT2D eigenvalue weighted by Gasteiger charge is -2.29. The van der Waals surface area contributed by atoms with Crippen molar-refractivity contribution in [3.8, 4) is 0 Å². The summed E-state index contributed by atoms with van der Waals surface area (Å²) in [5.41, 5.74) is 1.08. The van der Waals surface area contributed by atoms with Gasteiger partial charge < -0.3 is 14.8 Å². The lowest BCUT2D eigenvalue weighted by molar-refractivity contribution is -0.126. The second-order valence-corrected chi connectivity index (χ2v) is 12.0. The minimum Gasteiger partial charge on any atom is -0.378 e. The zero-order chi connectivity index (χ0) is 25.5. The van der Waals surface area contributed by atoms with Crippen molar-refractivity contribution in [3.63, 3.8) is 0 Å². The number of carbonyl (C=O) groups excluding carboxylic acids is 1. The van der Waals surface area contributed by atoms with Gasteiger partial charge in [0.2, 0.25) is 5.91 Å². The van der Waals surface area contributed by atoms with Crippen LogP contribution in [-0.2, 0) is 4.79 Å². The zero-order valence-corrected chi connectivity index (χ0v) is 23.6. The van der Waals surface area contributed by atoms with E-state index in [2.05, 4.69) is 59.4 Å². The highest BCUT2D eigenvalue weighted by molar-refractivity contribution is 7.16. The van der Waals surface area contributed by atoms with Crippen LogP contribution in [0.15, 0.2) is 24.4 Å². The van der Waals surface area contributed by atoms with E-state index >= 15 is 0 Å². The van der Waals surface area contributed by atoms with Crippen molar-refractivity contribution in [2.45, 2.75) is 97.1 Å². The number of nitrogens with one attached hydrogen (secondary N) is 1. The number of allylic oxidation sites excluding steroid dienone is 1. The third-order valence-electron chi connectivity index (χ3n) is 7.24. The maximum Gasteiger partial charge on any atom is 0.223 e. The van der Waals surface area contributed by atoms with E-state index in [1.807, 2.05) is 19.1 Å². The Bertz CT molecular complexity index is 978. The second kappa shape index (κ2) is 12.9. The molecule has 0 aliphatic heterocycles. The van der Waals surface area contributed by atoms with Crippen LogP contribution in [0.1, 0.15) is 107 Å². The van der Waals surface area contributed by atoms with Crippen LogP contribution in [0.5, 0.6) is 0 Å². The average molecular weight is 520 g/mol. The van der Waals surface area contributed by atoms with Crippen LogP contribution in [0.4, 0.5) is 0 Å². The predicted octanol–water partition coefficient (Wildman–Crippen LogP) is 7.04. The van der Waals surface area contributed by atoms with Crippen LogP contribution in [0, 0.1) is 12.8 Å². The number of aromatic nitrogens is 3. The smallest absolute Gasteiger partial charge is 0.223 e. The molecule has 6 nitrogen and oxygen atoms in total. The van der Waals surface area contributed by atoms with Gasteiger partial charge in [-0.15, -0.1) is 21.5 Å². The van der Waals surface area contributed by atoms with E-state index in [4.69, 9.17) is 11.6 Å². The van der Waals surface area contributed by atoms with Gasteiger partial charge in [0.05, 0.1) is 10.4 Å². The standard InChI is InChI=1S/C27H42ClN5OS/c1-7-22(33-20(5)30-31-26(33)18(2)3)17-19(4)32(6)16-15-23(24-13-14-25(28)35-24)29-27(34)21-11-9-8-10-12-21/h13-14,18,21-23H,4,7-12,15-17H2,1-3,5-6H3,(H,29,34). The maximum absolute atomic E-state index is 13.0. The molecule has 194 valence electrons. The highest BCUT2D eigenvalue weighted by atomic mass is 35.5. The predicted molar refractivity (Wildman–Crippen MR) is 146 cm³/mol. The van der Waals surface area contributed by atoms with Crippen molar-refractivity contribution in [1.29, 1.82) is 0 Å². The summed E-state index contributed by atoms with van der Waals surface area (Å²) < 4.78 is 3.04. The summed E-state index contributed by atoms with van der Waals surface area (Å²) in [6.45, 7) is 13.8. The molecule has 2 unspecified atom stereocenters. The first kappa shape index (κ1) is 27.7. The van der Waals surface area contributed by atoms with E-state index < -0.39 is 0 Å². The molecule has 0 saturated heterocycles. The summed E-state index contributed by atoms with van der Waals surface area (Å²) in [7, 11) is 2.10. The Kier molecular flexibility index (Phi) is 10.2. The largest absolute Gasteiger partial charge is 0.378 e. The van der Waals surface area contributed by atoms with Crippen molar-refractivity contribution in [2.24, 2.45) is 5.92 Å². The molecule has 1 saturated carbocycles. The summed E-state index contributed by atoms with van der Waals surface area (Å²) in [6.07, 6.45) is 8.18. The minimum absolute atomic E-state index is 0.0354. The molecular formula is C27H42ClN5OS. The Balaban J connectivity index is 1.63. The third kappa shape index (κ3) is 7.32. The Morgan fingerprint density at radius 1 is 1.29 bits per heavy atom. The molecule has 2 heterocycles. The maximum atomic E-state index is 13.0. The Morgan fingerprint density at radius 2 is 2.00 bits per heavy atom. The lowest BCUT2D eigenvalue weighted by Crippen LogP contribution is -2.36. The lowest BCUT2D eigenvalue weighted by atomic mass is 9.88. The average Bonchev–Trinajstić information content (AvgIpc) is 3.45. The topological polar surface area (TPSA) is 63.1 Å². The van der Waals surface area contributed by atoms with Crippen LogP contribution in [0.2, 0.25) is 4.34 Å². The number of nitrogens with zero attached hydrogens (tertiary/aromatic N) is 4. The summed E-state index contributed by atoms with van der Waals surface area (Å²) in [5.74, 6) is 2.64. The molecule has 2 atom stereocenters. The van der Waals surface area contributed by atoms with Crippen molar-refractivity contribution in [3.05, 3.63) is 45.3 Å². The van der Waals surface area contributed by atoms with Crippen LogP contribution in [0.3, 0.4) is 0 Å². The minimum atomic E-state index is -0.0354. The molecule has 0 aromatic carbocycles. The molecule has 1 aliphatic rings. The molecule has 1 fully saturated rings. The van der Waals surface area contributed by atoms with Gasteiger partial charge >= 0.3 is 0 Å². The number of amides is 1. The van der Waals surface area contributed by atoms with Crippen molar-refractivity contribution >= 4 is 28.8 Å². The summed E-state index contributed by atoms with van der Waals surface area (Å²) in [4.78, 5) is 16.4. The fourth-order valence-electron chi connectivity index (χ4n) is 5.01. The molecule has 1 amide bonds. The normalized spacial score (nSPS) is 16.3. The van der Waals surface area contributed by atoms with E-state index in [9.17, 15) is 4.79 Å². The third-order valence-corrected chi connectivity index (χ3v) is 8.58. The molecule has 0 bridgehead atoms.